The van der Waals surface area contributed by atoms with Gasteiger partial charge in [0.05, 0.1) is 64.2 Å². The Morgan fingerprint density at radius 2 is 0.583 bits per heavy atom. The van der Waals surface area contributed by atoms with Crippen LogP contribution in [0.4, 0.5) is 0 Å². The number of hydrogen-bond acceptors (Lipinski definition) is 27. The van der Waals surface area contributed by atoms with Crippen molar-refractivity contribution in [3.63, 3.8) is 0 Å². The molecule has 11 atom stereocenters. The summed E-state index contributed by atoms with van der Waals surface area (Å²) >= 11 is 0. The first-order valence-electron chi connectivity index (χ1n) is 40.4. The number of ether oxygens (including phenoxy) is 10. The van der Waals surface area contributed by atoms with Crippen LogP contribution in [0.5, 0.6) is 0 Å². The highest BCUT2D eigenvalue weighted by atomic mass is 17.2. The summed E-state index contributed by atoms with van der Waals surface area (Å²) in [5.41, 5.74) is 7.66. The molecule has 120 heavy (non-hydrogen) atoms. The summed E-state index contributed by atoms with van der Waals surface area (Å²) in [5, 5.41) is 9.63. The molecule has 762 valence electrons. The minimum atomic E-state index is 0. The minimum Gasteiger partial charge on any atom is -0.382 e. The second kappa shape index (κ2) is 178. The number of nitrogens with zero attached hydrogens (tertiary/aromatic N) is 6. The number of hydroxylamine groups is 5. The fourth-order valence-electron chi connectivity index (χ4n) is 4.26. The van der Waals surface area contributed by atoms with Crippen molar-refractivity contribution in [2.24, 2.45) is 31.8 Å². The lowest BCUT2D eigenvalue weighted by Gasteiger charge is -2.10. The van der Waals surface area contributed by atoms with Crippen molar-refractivity contribution in [3.05, 3.63) is 0 Å². The molecule has 0 aromatic heterocycles. The lowest BCUT2D eigenvalue weighted by Crippen LogP contribution is -2.21. The fourth-order valence-corrected chi connectivity index (χ4v) is 4.26. The summed E-state index contributed by atoms with van der Waals surface area (Å²) in [4.78, 5) is 50.8. The summed E-state index contributed by atoms with van der Waals surface area (Å²) in [6, 6.07) is 1.91. The van der Waals surface area contributed by atoms with Crippen molar-refractivity contribution in [1.82, 2.24) is 26.4 Å². The van der Waals surface area contributed by atoms with E-state index in [4.69, 9.17) is 67.1 Å². The second-order valence-corrected chi connectivity index (χ2v) is 25.7. The molecule has 0 saturated carbocycles. The molecule has 0 spiro atoms. The summed E-state index contributed by atoms with van der Waals surface area (Å²) in [6.45, 7) is 62.9. The van der Waals surface area contributed by atoms with Gasteiger partial charge in [0, 0.05) is 126 Å². The lowest BCUT2D eigenvalue weighted by molar-refractivity contribution is -0.324. The van der Waals surface area contributed by atoms with Crippen molar-refractivity contribution in [1.29, 1.82) is 0 Å². The molecule has 27 nitrogen and oxygen atoms in total. The molecule has 0 amide bonds. The van der Waals surface area contributed by atoms with E-state index in [1.54, 1.807) is 89.5 Å². The first-order chi connectivity index (χ1) is 51.6. The van der Waals surface area contributed by atoms with Gasteiger partial charge in [0.1, 0.15) is 33.4 Å². The van der Waals surface area contributed by atoms with Gasteiger partial charge in [0.15, 0.2) is 13.6 Å². The van der Waals surface area contributed by atoms with Gasteiger partial charge in [0.2, 0.25) is 0 Å². The largest absolute Gasteiger partial charge is 0.382 e. The Hall–Kier alpha value is -2.24. The molecule has 0 saturated heterocycles. The molecular weight excluding hydrogens is 1530 g/mol. The van der Waals surface area contributed by atoms with Crippen LogP contribution in [-0.2, 0) is 81.4 Å². The van der Waals surface area contributed by atoms with Crippen LogP contribution in [0.3, 0.4) is 0 Å². The maximum Gasteiger partial charge on any atom is 0.181 e. The molecule has 0 aromatic rings. The highest BCUT2D eigenvalue weighted by Gasteiger charge is 2.00. The van der Waals surface area contributed by atoms with Crippen LogP contribution in [-0.4, -0.2) is 266 Å². The van der Waals surface area contributed by atoms with E-state index in [9.17, 15) is 0 Å². The molecule has 27 heteroatoms. The average Bonchev–Trinajstić information content (AvgIpc) is 1.10. The number of nitrogens with one attached hydrogen (secondary N) is 3. The van der Waals surface area contributed by atoms with Crippen LogP contribution < -0.4 is 16.4 Å². The fraction of sp³-hybridized carbons (Fsp3) is 0.957. The Bertz CT molecular complexity index is 1440. The molecule has 0 bridgehead atoms. The van der Waals surface area contributed by atoms with Crippen molar-refractivity contribution < 1.29 is 86.6 Å². The summed E-state index contributed by atoms with van der Waals surface area (Å²) in [5.74, 6) is 1.83. The number of hydrogen-bond donors (Lipinski definition) is 4. The quantitative estimate of drug-likeness (QED) is 0.0145. The predicted octanol–water partition coefficient (Wildman–Crippen LogP) is 25.6. The van der Waals surface area contributed by atoms with E-state index >= 15 is 0 Å². The third kappa shape index (κ3) is 259. The maximum atomic E-state index is 8.46. The van der Waals surface area contributed by atoms with Crippen LogP contribution in [0.15, 0.2) is 20.0 Å². The molecule has 0 aliphatic rings. The summed E-state index contributed by atoms with van der Waals surface area (Å²) in [7, 11) is 23.7. The Kier molecular flexibility index (Phi) is 277. The van der Waals surface area contributed by atoms with Gasteiger partial charge in [-0.2, -0.15) is 5.06 Å². The monoisotopic (exact) mass is 1770 g/mol. The minimum absolute atomic E-state index is 0. The van der Waals surface area contributed by atoms with Crippen molar-refractivity contribution in [2.75, 3.05) is 159 Å². The number of rotatable bonds is 48. The Balaban J connectivity index is -0.0000000351. The van der Waals surface area contributed by atoms with Crippen molar-refractivity contribution >= 4 is 24.9 Å². The van der Waals surface area contributed by atoms with Crippen LogP contribution in [0.2, 0.25) is 0 Å². The van der Waals surface area contributed by atoms with Gasteiger partial charge in [0.25, 0.3) is 0 Å². The molecular formula is C93H237N9O18. The van der Waals surface area contributed by atoms with Gasteiger partial charge in [-0.25, -0.2) is 36.0 Å². The molecule has 11 unspecified atom stereocenters. The van der Waals surface area contributed by atoms with Crippen molar-refractivity contribution in [3.8, 4) is 0 Å². The molecule has 4 N–H and O–H groups in total. The highest BCUT2D eigenvalue weighted by molar-refractivity contribution is 5.59. The van der Waals surface area contributed by atoms with Gasteiger partial charge >= 0.3 is 0 Å². The van der Waals surface area contributed by atoms with Gasteiger partial charge in [-0.05, 0) is 173 Å². The zero-order valence-electron chi connectivity index (χ0n) is 79.6. The third-order valence-electron chi connectivity index (χ3n) is 14.6. The van der Waals surface area contributed by atoms with E-state index < -0.39 is 0 Å². The topological polar surface area (TPSA) is 269 Å². The third-order valence-corrected chi connectivity index (χ3v) is 14.6. The highest BCUT2D eigenvalue weighted by Crippen LogP contribution is 2.07. The van der Waals surface area contributed by atoms with Crippen LogP contribution in [0, 0.1) is 11.8 Å². The molecule has 0 aliphatic carbocycles. The molecule has 0 aliphatic heterocycles. The lowest BCUT2D eigenvalue weighted by atomic mass is 10.0. The van der Waals surface area contributed by atoms with E-state index in [1.807, 2.05) is 66.8 Å². The van der Waals surface area contributed by atoms with E-state index in [0.717, 1.165) is 76.0 Å². The predicted molar refractivity (Wildman–Crippen MR) is 540 cm³/mol. The van der Waals surface area contributed by atoms with Gasteiger partial charge in [-0.1, -0.05) is 218 Å². The first kappa shape index (κ1) is 187. The molecule has 0 fully saturated rings. The number of methoxy groups -OCH3 is 6. The van der Waals surface area contributed by atoms with E-state index in [-0.39, 0.29) is 101 Å². The average molecular weight is 1770 g/mol. The Labute approximate surface area is 758 Å². The molecule has 0 heterocycles. The van der Waals surface area contributed by atoms with Gasteiger partial charge in [-0.3, -0.25) is 39.4 Å². The summed E-state index contributed by atoms with van der Waals surface area (Å²) < 4.78 is 49.2. The van der Waals surface area contributed by atoms with Crippen molar-refractivity contribution in [2.45, 2.75) is 432 Å². The van der Waals surface area contributed by atoms with Crippen LogP contribution in [0.1, 0.15) is 365 Å². The Morgan fingerprint density at radius 3 is 0.750 bits per heavy atom. The smallest absolute Gasteiger partial charge is 0.181 e. The SMILES string of the molecule is C.C.C.C.C.C.C.C.C.C.C.CC(C)N(C)O.CCC(C)C.CCC(C)N=CCOC.CCC(C)N=CCONC.CCC(C)N=CCONC.CCC(C)N=CCOOC.CCC(C)OC.CCC(C)OC.CCC(C)OCOC.CCC(C)OCOC.CCC(C)OCONC.CCC(C)OCOOC.CCCC(C)CC.COCN(C)C. The van der Waals surface area contributed by atoms with E-state index in [0.29, 0.717) is 108 Å². The van der Waals surface area contributed by atoms with Gasteiger partial charge < -0.3 is 52.6 Å². The zero-order chi connectivity index (χ0) is 87.7. The van der Waals surface area contributed by atoms with Crippen LogP contribution in [0.25, 0.3) is 0 Å². The molecule has 0 radical (unpaired) electrons. The Morgan fingerprint density at radius 1 is 0.317 bits per heavy atom. The second-order valence-electron chi connectivity index (χ2n) is 25.7. The molecule has 0 rings (SSSR count). The maximum absolute atomic E-state index is 8.46. The normalized spacial score (nSPS) is 12.3. The number of aliphatic imine (C=N–C) groups is 4. The molecule has 0 aromatic carbocycles. The first-order valence-corrected chi connectivity index (χ1v) is 40.4. The van der Waals surface area contributed by atoms with Gasteiger partial charge in [-0.15, -0.1) is 0 Å². The summed E-state index contributed by atoms with van der Waals surface area (Å²) in [6.07, 6.45) is 25.2. The standard InChI is InChI=1S/2C7H16N2O.C7H15NO2.C7H15NO.C7H16.C6H15NO2.C6H14O3.2C6H14O2.2C5H12O.C5H12.2C4H11NO.11CH4/c2*1-4-7(2)9-5-6-10-8-3;1-4-7(2)8-5-6-10-9-3;1-4-7(2)8-5-6-9-3;1-4-6-7(3)5-2;2*1-4-6(2)8-5-9-7-3;2*1-4-6(2)8-5-7-3;2*1-4-5(2)6-3;1-4-5(2)3;1-5(2)4-6-3;1-4(2)5(3)6;;;;;;;;;;;/h2*5,7-8H,4,6H2,1-3H3;5,7H,4,6H2,1-3H3;5,7H,4,6H2,1-3H3;7H,4-6H2,1-3H3;6-7H,4-5H2,1-3H3;6H,4-5H2,1-3H3;2*6H,4-5H2,1-3H3;2*5H,4H2,1-3H3;5H,4H2,1-3H3;4H2,1-3H3;4,6H,1-3H3;11*1H4. The van der Waals surface area contributed by atoms with E-state index in [2.05, 4.69) is 208 Å². The van der Waals surface area contributed by atoms with Crippen LogP contribution >= 0.6 is 0 Å². The van der Waals surface area contributed by atoms with E-state index in [1.165, 1.54) is 45.0 Å². The zero-order valence-corrected chi connectivity index (χ0v) is 79.6.